The van der Waals surface area contributed by atoms with Gasteiger partial charge in [-0.2, -0.15) is 0 Å². The standard InChI is InChI=1S/C24H28FN5O2/c1-16-3-4-17(2)30(16)24(32)18-5-6-19(21(25)13-18)14-27-22-8-7-20(15-28-22)23(31)29-11-9-26-10-12-29/h3-8,13,15-17,26H,9-12,14H2,1-2H3,(H,27,28). The average molecular weight is 438 g/mol. The van der Waals surface area contributed by atoms with Gasteiger partial charge in [-0.05, 0) is 38.1 Å². The number of halogens is 1. The molecule has 2 unspecified atom stereocenters. The van der Waals surface area contributed by atoms with Gasteiger partial charge in [-0.3, -0.25) is 9.59 Å². The lowest BCUT2D eigenvalue weighted by atomic mass is 10.1. The number of carbonyl (C=O) groups is 2. The molecular formula is C24H28FN5O2. The summed E-state index contributed by atoms with van der Waals surface area (Å²) in [6, 6.07) is 8.00. The number of hydrogen-bond donors (Lipinski definition) is 2. The Morgan fingerprint density at radius 1 is 1.06 bits per heavy atom. The minimum absolute atomic E-state index is 0.00517. The molecule has 0 aliphatic carbocycles. The Morgan fingerprint density at radius 2 is 1.75 bits per heavy atom. The molecule has 4 rings (SSSR count). The lowest BCUT2D eigenvalue weighted by Crippen LogP contribution is -2.46. The Kier molecular flexibility index (Phi) is 6.50. The van der Waals surface area contributed by atoms with Gasteiger partial charge in [0.15, 0.2) is 0 Å². The van der Waals surface area contributed by atoms with Crippen LogP contribution in [0.4, 0.5) is 10.2 Å². The lowest BCUT2D eigenvalue weighted by molar-refractivity contribution is 0.0707. The Labute approximate surface area is 187 Å². The molecule has 0 spiro atoms. The van der Waals surface area contributed by atoms with Gasteiger partial charge >= 0.3 is 0 Å². The van der Waals surface area contributed by atoms with Crippen LogP contribution in [0.1, 0.15) is 40.1 Å². The third-order valence-electron chi connectivity index (χ3n) is 5.95. The zero-order valence-corrected chi connectivity index (χ0v) is 18.3. The number of rotatable bonds is 5. The summed E-state index contributed by atoms with van der Waals surface area (Å²) in [5, 5.41) is 6.29. The second kappa shape index (κ2) is 9.48. The van der Waals surface area contributed by atoms with E-state index in [1.807, 2.05) is 26.0 Å². The van der Waals surface area contributed by atoms with Crippen molar-refractivity contribution >= 4 is 17.6 Å². The molecule has 1 saturated heterocycles. The number of benzene rings is 1. The zero-order chi connectivity index (χ0) is 22.7. The predicted octanol–water partition coefficient (Wildman–Crippen LogP) is 2.67. The molecule has 2 amide bonds. The summed E-state index contributed by atoms with van der Waals surface area (Å²) in [5.74, 6) is -0.109. The second-order valence-corrected chi connectivity index (χ2v) is 8.21. The zero-order valence-electron chi connectivity index (χ0n) is 18.3. The van der Waals surface area contributed by atoms with Gasteiger partial charge in [0.1, 0.15) is 11.6 Å². The molecule has 2 aliphatic rings. The molecule has 0 radical (unpaired) electrons. The monoisotopic (exact) mass is 437 g/mol. The largest absolute Gasteiger partial charge is 0.366 e. The second-order valence-electron chi connectivity index (χ2n) is 8.21. The average Bonchev–Trinajstić information content (AvgIpc) is 3.16. The first-order chi connectivity index (χ1) is 15.4. The summed E-state index contributed by atoms with van der Waals surface area (Å²) in [6.07, 6.45) is 5.50. The van der Waals surface area contributed by atoms with Crippen molar-refractivity contribution in [3.63, 3.8) is 0 Å². The number of carbonyl (C=O) groups excluding carboxylic acids is 2. The minimum Gasteiger partial charge on any atom is -0.366 e. The third kappa shape index (κ3) is 4.65. The van der Waals surface area contributed by atoms with Crippen LogP contribution in [0.2, 0.25) is 0 Å². The lowest BCUT2D eigenvalue weighted by Gasteiger charge is -2.27. The highest BCUT2D eigenvalue weighted by Gasteiger charge is 2.28. The highest BCUT2D eigenvalue weighted by Crippen LogP contribution is 2.21. The van der Waals surface area contributed by atoms with Crippen molar-refractivity contribution in [2.75, 3.05) is 31.5 Å². The summed E-state index contributed by atoms with van der Waals surface area (Å²) in [4.78, 5) is 33.1. The Hall–Kier alpha value is -3.26. The van der Waals surface area contributed by atoms with Crippen LogP contribution in [0.5, 0.6) is 0 Å². The molecule has 1 aromatic carbocycles. The molecule has 2 atom stereocenters. The molecule has 2 N–H and O–H groups in total. The van der Waals surface area contributed by atoms with Crippen LogP contribution in [-0.2, 0) is 6.54 Å². The highest BCUT2D eigenvalue weighted by atomic mass is 19.1. The van der Waals surface area contributed by atoms with E-state index in [0.29, 0.717) is 35.6 Å². The van der Waals surface area contributed by atoms with Gasteiger partial charge in [0.25, 0.3) is 11.8 Å². The van der Waals surface area contributed by atoms with Crippen molar-refractivity contribution in [2.24, 2.45) is 0 Å². The van der Waals surface area contributed by atoms with E-state index in [4.69, 9.17) is 0 Å². The molecule has 2 aromatic rings. The van der Waals surface area contributed by atoms with Crippen LogP contribution >= 0.6 is 0 Å². The molecule has 1 aromatic heterocycles. The van der Waals surface area contributed by atoms with Gasteiger partial charge in [0.2, 0.25) is 0 Å². The quantitative estimate of drug-likeness (QED) is 0.704. The molecule has 2 aliphatic heterocycles. The van der Waals surface area contributed by atoms with E-state index in [-0.39, 0.29) is 30.4 Å². The molecular weight excluding hydrogens is 409 g/mol. The van der Waals surface area contributed by atoms with E-state index in [1.165, 1.54) is 12.3 Å². The fourth-order valence-electron chi connectivity index (χ4n) is 4.08. The van der Waals surface area contributed by atoms with Gasteiger partial charge in [-0.1, -0.05) is 18.2 Å². The van der Waals surface area contributed by atoms with E-state index in [0.717, 1.165) is 13.1 Å². The fraction of sp³-hybridized carbons (Fsp3) is 0.375. The maximum atomic E-state index is 14.7. The summed E-state index contributed by atoms with van der Waals surface area (Å²) in [5.41, 5.74) is 1.30. The molecule has 8 heteroatoms. The first kappa shape index (κ1) is 22.0. The Bertz CT molecular complexity index is 1010. The molecule has 1 fully saturated rings. The van der Waals surface area contributed by atoms with Crippen molar-refractivity contribution in [1.82, 2.24) is 20.1 Å². The van der Waals surface area contributed by atoms with Crippen molar-refractivity contribution in [1.29, 1.82) is 0 Å². The summed E-state index contributed by atoms with van der Waals surface area (Å²) < 4.78 is 14.7. The van der Waals surface area contributed by atoms with Gasteiger partial charge < -0.3 is 20.4 Å². The van der Waals surface area contributed by atoms with E-state index >= 15 is 0 Å². The first-order valence-electron chi connectivity index (χ1n) is 10.9. The molecule has 32 heavy (non-hydrogen) atoms. The van der Waals surface area contributed by atoms with Crippen molar-refractivity contribution < 1.29 is 14.0 Å². The van der Waals surface area contributed by atoms with Crippen molar-refractivity contribution in [3.8, 4) is 0 Å². The van der Waals surface area contributed by atoms with Gasteiger partial charge in [-0.25, -0.2) is 9.37 Å². The van der Waals surface area contributed by atoms with Crippen LogP contribution < -0.4 is 10.6 Å². The highest BCUT2D eigenvalue weighted by molar-refractivity contribution is 5.95. The van der Waals surface area contributed by atoms with E-state index in [1.54, 1.807) is 34.1 Å². The fourth-order valence-corrected chi connectivity index (χ4v) is 4.08. The summed E-state index contributed by atoms with van der Waals surface area (Å²) in [7, 11) is 0. The van der Waals surface area contributed by atoms with E-state index in [9.17, 15) is 14.0 Å². The molecule has 3 heterocycles. The molecule has 0 bridgehead atoms. The van der Waals surface area contributed by atoms with Gasteiger partial charge in [0, 0.05) is 62.1 Å². The van der Waals surface area contributed by atoms with Gasteiger partial charge in [-0.15, -0.1) is 0 Å². The predicted molar refractivity (Wildman–Crippen MR) is 121 cm³/mol. The number of anilines is 1. The number of aromatic nitrogens is 1. The number of nitrogens with zero attached hydrogens (tertiary/aromatic N) is 3. The summed E-state index contributed by atoms with van der Waals surface area (Å²) >= 11 is 0. The Balaban J connectivity index is 1.36. The molecule has 7 nitrogen and oxygen atoms in total. The van der Waals surface area contributed by atoms with E-state index in [2.05, 4.69) is 15.6 Å². The number of hydrogen-bond acceptors (Lipinski definition) is 5. The smallest absolute Gasteiger partial charge is 0.255 e. The topological polar surface area (TPSA) is 77.6 Å². The summed E-state index contributed by atoms with van der Waals surface area (Å²) in [6.45, 7) is 7.07. The molecule has 168 valence electrons. The first-order valence-corrected chi connectivity index (χ1v) is 10.9. The SMILES string of the molecule is CC1C=CC(C)N1C(=O)c1ccc(CNc2ccc(C(=O)N3CCNCC3)cn2)c(F)c1. The van der Waals surface area contributed by atoms with E-state index < -0.39 is 5.82 Å². The van der Waals surface area contributed by atoms with Crippen molar-refractivity contribution in [3.05, 3.63) is 71.2 Å². The Morgan fingerprint density at radius 3 is 2.38 bits per heavy atom. The van der Waals surface area contributed by atoms with Crippen LogP contribution in [0, 0.1) is 5.82 Å². The maximum Gasteiger partial charge on any atom is 0.255 e. The van der Waals surface area contributed by atoms with Crippen LogP contribution in [0.3, 0.4) is 0 Å². The van der Waals surface area contributed by atoms with Gasteiger partial charge in [0.05, 0.1) is 5.56 Å². The number of nitrogens with one attached hydrogen (secondary N) is 2. The van der Waals surface area contributed by atoms with Crippen molar-refractivity contribution in [2.45, 2.75) is 32.5 Å². The molecule has 0 saturated carbocycles. The number of pyridine rings is 1. The third-order valence-corrected chi connectivity index (χ3v) is 5.95. The normalized spacial score (nSPS) is 20.5. The van der Waals surface area contributed by atoms with Crippen LogP contribution in [-0.4, -0.2) is 64.9 Å². The van der Waals surface area contributed by atoms with Crippen LogP contribution in [0.25, 0.3) is 0 Å². The van der Waals surface area contributed by atoms with Crippen LogP contribution in [0.15, 0.2) is 48.7 Å². The number of amides is 2. The minimum atomic E-state index is -0.443. The number of piperazine rings is 1. The maximum absolute atomic E-state index is 14.7.